The number of benzene rings is 1. The van der Waals surface area contributed by atoms with Crippen LogP contribution in [0.5, 0.6) is 5.75 Å². The highest BCUT2D eigenvalue weighted by Gasteiger charge is 2.14. The molecule has 1 N–H and O–H groups in total. The van der Waals surface area contributed by atoms with Crippen LogP contribution in [-0.2, 0) is 0 Å². The van der Waals surface area contributed by atoms with Crippen molar-refractivity contribution in [1.29, 1.82) is 0 Å². The summed E-state index contributed by atoms with van der Waals surface area (Å²) >= 11 is 6.09. The number of methoxy groups -OCH3 is 1. The van der Waals surface area contributed by atoms with Crippen molar-refractivity contribution in [3.05, 3.63) is 22.7 Å². The Morgan fingerprint density at radius 3 is 2.47 bits per heavy atom. The zero-order chi connectivity index (χ0) is 13.0. The van der Waals surface area contributed by atoms with Crippen LogP contribution in [-0.4, -0.2) is 13.2 Å². The largest absolute Gasteiger partial charge is 0.495 e. The third-order valence-electron chi connectivity index (χ3n) is 3.07. The molecule has 1 atom stereocenters. The third kappa shape index (κ3) is 3.53. The van der Waals surface area contributed by atoms with Crippen molar-refractivity contribution in [3.8, 4) is 5.75 Å². The summed E-state index contributed by atoms with van der Waals surface area (Å²) in [6.45, 7) is 8.63. The maximum atomic E-state index is 6.09. The number of aryl methyl sites for hydroxylation is 1. The minimum absolute atomic E-state index is 0.449. The summed E-state index contributed by atoms with van der Waals surface area (Å²) in [4.78, 5) is 0. The summed E-state index contributed by atoms with van der Waals surface area (Å²) in [6.07, 6.45) is 1.09. The van der Waals surface area contributed by atoms with E-state index in [0.717, 1.165) is 28.4 Å². The Bertz CT molecular complexity index is 377. The molecule has 0 aliphatic rings. The minimum Gasteiger partial charge on any atom is -0.495 e. The molecule has 3 heteroatoms. The number of hydrogen-bond donors (Lipinski definition) is 1. The average molecular weight is 256 g/mol. The van der Waals surface area contributed by atoms with E-state index in [-0.39, 0.29) is 0 Å². The van der Waals surface area contributed by atoms with Gasteiger partial charge in [0.15, 0.2) is 0 Å². The molecule has 0 spiro atoms. The molecule has 0 aliphatic carbocycles. The standard InChI is InChI=1S/C14H22ClNO/c1-6-12(9(2)3)16-13-7-10(4)11(15)8-14(13)17-5/h7-9,12,16H,6H2,1-5H3. The van der Waals surface area contributed by atoms with E-state index in [9.17, 15) is 0 Å². The summed E-state index contributed by atoms with van der Waals surface area (Å²) < 4.78 is 5.36. The van der Waals surface area contributed by atoms with Gasteiger partial charge >= 0.3 is 0 Å². The molecule has 1 unspecified atom stereocenters. The van der Waals surface area contributed by atoms with Crippen molar-refractivity contribution in [1.82, 2.24) is 0 Å². The van der Waals surface area contributed by atoms with Crippen molar-refractivity contribution in [2.45, 2.75) is 40.2 Å². The van der Waals surface area contributed by atoms with Gasteiger partial charge in [-0.25, -0.2) is 0 Å². The molecule has 0 saturated heterocycles. The Morgan fingerprint density at radius 2 is 2.00 bits per heavy atom. The first-order valence-electron chi connectivity index (χ1n) is 6.10. The molecule has 0 bridgehead atoms. The van der Waals surface area contributed by atoms with Crippen LogP contribution in [0.4, 0.5) is 5.69 Å². The zero-order valence-electron chi connectivity index (χ0n) is 11.3. The maximum absolute atomic E-state index is 6.09. The SMILES string of the molecule is CCC(Nc1cc(C)c(Cl)cc1OC)C(C)C. The van der Waals surface area contributed by atoms with Crippen LogP contribution in [0.2, 0.25) is 5.02 Å². The van der Waals surface area contributed by atoms with Crippen molar-refractivity contribution in [2.75, 3.05) is 12.4 Å². The molecular weight excluding hydrogens is 234 g/mol. The van der Waals surface area contributed by atoms with Gasteiger partial charge in [0.05, 0.1) is 12.8 Å². The second-order valence-electron chi connectivity index (χ2n) is 4.70. The molecular formula is C14H22ClNO. The van der Waals surface area contributed by atoms with Crippen LogP contribution in [0.1, 0.15) is 32.8 Å². The molecule has 0 radical (unpaired) electrons. The lowest BCUT2D eigenvalue weighted by Gasteiger charge is -2.23. The first-order valence-corrected chi connectivity index (χ1v) is 6.48. The number of halogens is 1. The fourth-order valence-electron chi connectivity index (χ4n) is 1.88. The molecule has 0 fully saturated rings. The van der Waals surface area contributed by atoms with E-state index >= 15 is 0 Å². The minimum atomic E-state index is 0.449. The van der Waals surface area contributed by atoms with E-state index in [2.05, 4.69) is 26.1 Å². The van der Waals surface area contributed by atoms with Crippen LogP contribution in [0.25, 0.3) is 0 Å². The van der Waals surface area contributed by atoms with E-state index in [1.165, 1.54) is 0 Å². The highest BCUT2D eigenvalue weighted by Crippen LogP contribution is 2.32. The average Bonchev–Trinajstić information content (AvgIpc) is 2.29. The molecule has 0 aliphatic heterocycles. The number of rotatable bonds is 5. The predicted molar refractivity (Wildman–Crippen MR) is 75.3 cm³/mol. The summed E-state index contributed by atoms with van der Waals surface area (Å²) in [7, 11) is 1.67. The number of hydrogen-bond acceptors (Lipinski definition) is 2. The van der Waals surface area contributed by atoms with Gasteiger partial charge in [0, 0.05) is 17.1 Å². The number of ether oxygens (including phenoxy) is 1. The zero-order valence-corrected chi connectivity index (χ0v) is 12.1. The Kier molecular flexibility index (Phi) is 5.13. The molecule has 1 aromatic carbocycles. The van der Waals surface area contributed by atoms with Crippen molar-refractivity contribution in [2.24, 2.45) is 5.92 Å². The van der Waals surface area contributed by atoms with Gasteiger partial charge in [-0.15, -0.1) is 0 Å². The maximum Gasteiger partial charge on any atom is 0.143 e. The lowest BCUT2D eigenvalue weighted by molar-refractivity contribution is 0.414. The summed E-state index contributed by atoms with van der Waals surface area (Å²) in [5.41, 5.74) is 2.09. The lowest BCUT2D eigenvalue weighted by atomic mass is 10.0. The second kappa shape index (κ2) is 6.15. The Morgan fingerprint density at radius 1 is 1.35 bits per heavy atom. The summed E-state index contributed by atoms with van der Waals surface area (Å²) in [6, 6.07) is 4.36. The first-order chi connectivity index (χ1) is 7.99. The van der Waals surface area contributed by atoms with E-state index in [1.807, 2.05) is 19.1 Å². The quantitative estimate of drug-likeness (QED) is 0.836. The van der Waals surface area contributed by atoms with Crippen molar-refractivity contribution >= 4 is 17.3 Å². The van der Waals surface area contributed by atoms with Gasteiger partial charge in [-0.05, 0) is 30.9 Å². The van der Waals surface area contributed by atoms with E-state index in [0.29, 0.717) is 12.0 Å². The van der Waals surface area contributed by atoms with Crippen molar-refractivity contribution < 1.29 is 4.74 Å². The van der Waals surface area contributed by atoms with Crippen LogP contribution in [0.15, 0.2) is 12.1 Å². The lowest BCUT2D eigenvalue weighted by Crippen LogP contribution is -2.24. The monoisotopic (exact) mass is 255 g/mol. The molecule has 2 nitrogen and oxygen atoms in total. The number of anilines is 1. The summed E-state index contributed by atoms with van der Waals surface area (Å²) in [5.74, 6) is 1.39. The topological polar surface area (TPSA) is 21.3 Å². The molecule has 0 amide bonds. The predicted octanol–water partition coefficient (Wildman–Crippen LogP) is 4.50. The molecule has 1 rings (SSSR count). The molecule has 0 saturated carbocycles. The van der Waals surface area contributed by atoms with E-state index in [1.54, 1.807) is 7.11 Å². The Labute approximate surface area is 109 Å². The van der Waals surface area contributed by atoms with Crippen LogP contribution >= 0.6 is 11.6 Å². The van der Waals surface area contributed by atoms with E-state index < -0.39 is 0 Å². The van der Waals surface area contributed by atoms with Gasteiger partial charge in [0.1, 0.15) is 5.75 Å². The van der Waals surface area contributed by atoms with Crippen molar-refractivity contribution in [3.63, 3.8) is 0 Å². The molecule has 17 heavy (non-hydrogen) atoms. The fraction of sp³-hybridized carbons (Fsp3) is 0.571. The first kappa shape index (κ1) is 14.2. The highest BCUT2D eigenvalue weighted by molar-refractivity contribution is 6.31. The van der Waals surface area contributed by atoms with Gasteiger partial charge in [-0.1, -0.05) is 32.4 Å². The highest BCUT2D eigenvalue weighted by atomic mass is 35.5. The van der Waals surface area contributed by atoms with Gasteiger partial charge in [0.2, 0.25) is 0 Å². The smallest absolute Gasteiger partial charge is 0.143 e. The van der Waals surface area contributed by atoms with Crippen LogP contribution in [0.3, 0.4) is 0 Å². The van der Waals surface area contributed by atoms with E-state index in [4.69, 9.17) is 16.3 Å². The molecule has 96 valence electrons. The van der Waals surface area contributed by atoms with Crippen LogP contribution in [0, 0.1) is 12.8 Å². The fourth-order valence-corrected chi connectivity index (χ4v) is 2.04. The normalized spacial score (nSPS) is 12.6. The van der Waals surface area contributed by atoms with Crippen LogP contribution < -0.4 is 10.1 Å². The second-order valence-corrected chi connectivity index (χ2v) is 5.11. The van der Waals surface area contributed by atoms with Gasteiger partial charge in [-0.2, -0.15) is 0 Å². The molecule has 0 heterocycles. The Balaban J connectivity index is 3.00. The van der Waals surface area contributed by atoms with Gasteiger partial charge < -0.3 is 10.1 Å². The summed E-state index contributed by atoms with van der Waals surface area (Å²) in [5, 5.41) is 4.27. The third-order valence-corrected chi connectivity index (χ3v) is 3.47. The van der Waals surface area contributed by atoms with Gasteiger partial charge in [0.25, 0.3) is 0 Å². The molecule has 1 aromatic rings. The Hall–Kier alpha value is -0.890. The molecule has 0 aromatic heterocycles. The van der Waals surface area contributed by atoms with Gasteiger partial charge in [-0.3, -0.25) is 0 Å². The number of nitrogens with one attached hydrogen (secondary N) is 1.